The lowest BCUT2D eigenvalue weighted by Gasteiger charge is -2.43. The standard InChI is InChI=1S/C16H25F3N2/c1-7-15(3,21(5)6)14(20-4)13-9-8-12(10-11(13)2)16(17,18)19/h8-10,14,20H,7H2,1-6H3. The predicted octanol–water partition coefficient (Wildman–Crippen LogP) is 4.00. The van der Waals surface area contributed by atoms with Crippen LogP contribution in [0, 0.1) is 6.92 Å². The minimum atomic E-state index is -4.30. The van der Waals surface area contributed by atoms with Gasteiger partial charge < -0.3 is 10.2 Å². The minimum Gasteiger partial charge on any atom is -0.311 e. The fourth-order valence-electron chi connectivity index (χ4n) is 2.76. The van der Waals surface area contributed by atoms with Crippen LogP contribution in [0.1, 0.15) is 43.0 Å². The van der Waals surface area contributed by atoms with Crippen LogP contribution in [0.15, 0.2) is 18.2 Å². The zero-order chi connectivity index (χ0) is 16.4. The number of hydrogen-bond acceptors (Lipinski definition) is 2. The summed E-state index contributed by atoms with van der Waals surface area (Å²) in [5.41, 5.74) is 0.787. The van der Waals surface area contributed by atoms with Gasteiger partial charge in [0.05, 0.1) is 11.6 Å². The van der Waals surface area contributed by atoms with Gasteiger partial charge in [0, 0.05) is 5.54 Å². The van der Waals surface area contributed by atoms with E-state index in [1.165, 1.54) is 12.1 Å². The molecule has 120 valence electrons. The number of nitrogens with one attached hydrogen (secondary N) is 1. The third kappa shape index (κ3) is 3.58. The van der Waals surface area contributed by atoms with Gasteiger partial charge in [0.2, 0.25) is 0 Å². The molecule has 0 heterocycles. The lowest BCUT2D eigenvalue weighted by Crippen LogP contribution is -2.50. The molecule has 1 N–H and O–H groups in total. The van der Waals surface area contributed by atoms with Crippen LogP contribution < -0.4 is 5.32 Å². The van der Waals surface area contributed by atoms with Crippen LogP contribution in [-0.4, -0.2) is 31.6 Å². The summed E-state index contributed by atoms with van der Waals surface area (Å²) in [4.78, 5) is 2.12. The Balaban J connectivity index is 3.30. The topological polar surface area (TPSA) is 15.3 Å². The molecule has 1 rings (SSSR count). The summed E-state index contributed by atoms with van der Waals surface area (Å²) in [5.74, 6) is 0. The van der Waals surface area contributed by atoms with Crippen molar-refractivity contribution >= 4 is 0 Å². The first-order chi connectivity index (χ1) is 9.57. The average Bonchev–Trinajstić information content (AvgIpc) is 2.39. The van der Waals surface area contributed by atoms with E-state index in [0.29, 0.717) is 5.56 Å². The number of halogens is 3. The van der Waals surface area contributed by atoms with E-state index in [0.717, 1.165) is 12.0 Å². The van der Waals surface area contributed by atoms with Crippen LogP contribution in [-0.2, 0) is 6.18 Å². The van der Waals surface area contributed by atoms with E-state index in [1.807, 2.05) is 21.1 Å². The second kappa shape index (κ2) is 6.36. The molecular weight excluding hydrogens is 277 g/mol. The molecule has 0 spiro atoms. The minimum absolute atomic E-state index is 0.0419. The van der Waals surface area contributed by atoms with E-state index in [2.05, 4.69) is 24.1 Å². The molecule has 2 nitrogen and oxygen atoms in total. The molecule has 1 aromatic rings. The second-order valence-corrected chi connectivity index (χ2v) is 5.90. The highest BCUT2D eigenvalue weighted by Gasteiger charge is 2.37. The summed E-state index contributed by atoms with van der Waals surface area (Å²) in [6, 6.07) is 3.94. The van der Waals surface area contributed by atoms with Crippen molar-refractivity contribution in [3.05, 3.63) is 34.9 Å². The van der Waals surface area contributed by atoms with Crippen LogP contribution in [0.3, 0.4) is 0 Å². The summed E-state index contributed by atoms with van der Waals surface area (Å²) in [5, 5.41) is 3.27. The first-order valence-electron chi connectivity index (χ1n) is 7.10. The molecular formula is C16H25F3N2. The molecule has 0 aliphatic rings. The van der Waals surface area contributed by atoms with Crippen molar-refractivity contribution in [3.8, 4) is 0 Å². The molecule has 0 aromatic heterocycles. The van der Waals surface area contributed by atoms with Crippen molar-refractivity contribution < 1.29 is 13.2 Å². The molecule has 1 aromatic carbocycles. The Hall–Kier alpha value is -1.07. The zero-order valence-corrected chi connectivity index (χ0v) is 13.6. The summed E-state index contributed by atoms with van der Waals surface area (Å²) in [6.07, 6.45) is -3.42. The van der Waals surface area contributed by atoms with Crippen LogP contribution >= 0.6 is 0 Å². The van der Waals surface area contributed by atoms with E-state index in [-0.39, 0.29) is 11.6 Å². The number of hydrogen-bond donors (Lipinski definition) is 1. The highest BCUT2D eigenvalue weighted by atomic mass is 19.4. The largest absolute Gasteiger partial charge is 0.416 e. The van der Waals surface area contributed by atoms with Crippen molar-refractivity contribution in [1.82, 2.24) is 10.2 Å². The van der Waals surface area contributed by atoms with E-state index < -0.39 is 11.7 Å². The quantitative estimate of drug-likeness (QED) is 0.884. The summed E-state index contributed by atoms with van der Waals surface area (Å²) in [6.45, 7) is 5.94. The maximum Gasteiger partial charge on any atom is 0.416 e. The van der Waals surface area contributed by atoms with Gasteiger partial charge in [-0.15, -0.1) is 0 Å². The van der Waals surface area contributed by atoms with Crippen LogP contribution in [0.4, 0.5) is 13.2 Å². The Labute approximate surface area is 125 Å². The van der Waals surface area contributed by atoms with Gasteiger partial charge in [-0.2, -0.15) is 13.2 Å². The summed E-state index contributed by atoms with van der Waals surface area (Å²) >= 11 is 0. The molecule has 0 amide bonds. The molecule has 0 saturated heterocycles. The van der Waals surface area contributed by atoms with Crippen molar-refractivity contribution in [3.63, 3.8) is 0 Å². The van der Waals surface area contributed by atoms with Gasteiger partial charge in [-0.1, -0.05) is 13.0 Å². The van der Waals surface area contributed by atoms with E-state index >= 15 is 0 Å². The third-order valence-electron chi connectivity index (χ3n) is 4.56. The molecule has 0 bridgehead atoms. The Morgan fingerprint density at radius 3 is 2.14 bits per heavy atom. The van der Waals surface area contributed by atoms with Crippen LogP contribution in [0.25, 0.3) is 0 Å². The van der Waals surface area contributed by atoms with Gasteiger partial charge >= 0.3 is 6.18 Å². The molecule has 2 unspecified atom stereocenters. The highest BCUT2D eigenvalue weighted by Crippen LogP contribution is 2.36. The van der Waals surface area contributed by atoms with Crippen molar-refractivity contribution in [2.45, 2.75) is 44.9 Å². The van der Waals surface area contributed by atoms with Crippen molar-refractivity contribution in [2.24, 2.45) is 0 Å². The molecule has 21 heavy (non-hydrogen) atoms. The molecule has 0 radical (unpaired) electrons. The van der Waals surface area contributed by atoms with Gasteiger partial charge in [-0.25, -0.2) is 0 Å². The lowest BCUT2D eigenvalue weighted by molar-refractivity contribution is -0.137. The number of likely N-dealkylation sites (N-methyl/N-ethyl adjacent to an activating group) is 2. The third-order valence-corrected chi connectivity index (χ3v) is 4.56. The molecule has 0 aliphatic heterocycles. The Kier molecular flexibility index (Phi) is 5.45. The number of benzene rings is 1. The fourth-order valence-corrected chi connectivity index (χ4v) is 2.76. The van der Waals surface area contributed by atoms with Gasteiger partial charge in [0.15, 0.2) is 0 Å². The van der Waals surface area contributed by atoms with Gasteiger partial charge in [0.1, 0.15) is 0 Å². The summed E-state index contributed by atoms with van der Waals surface area (Å²) in [7, 11) is 5.83. The maximum atomic E-state index is 12.8. The molecule has 0 fully saturated rings. The normalized spacial score (nSPS) is 16.9. The zero-order valence-electron chi connectivity index (χ0n) is 13.6. The number of nitrogens with zero attached hydrogens (tertiary/aromatic N) is 1. The number of aryl methyl sites for hydroxylation is 1. The second-order valence-electron chi connectivity index (χ2n) is 5.90. The first kappa shape index (κ1) is 18.0. The number of rotatable bonds is 5. The Morgan fingerprint density at radius 1 is 1.24 bits per heavy atom. The molecule has 0 aliphatic carbocycles. The maximum absolute atomic E-state index is 12.8. The predicted molar refractivity (Wildman–Crippen MR) is 80.4 cm³/mol. The van der Waals surface area contributed by atoms with E-state index in [9.17, 15) is 13.2 Å². The lowest BCUT2D eigenvalue weighted by atomic mass is 9.81. The SMILES string of the molecule is CCC(C)(C(NC)c1ccc(C(F)(F)F)cc1C)N(C)C. The Bertz CT molecular complexity index is 483. The highest BCUT2D eigenvalue weighted by molar-refractivity contribution is 5.36. The van der Waals surface area contributed by atoms with E-state index in [4.69, 9.17) is 0 Å². The van der Waals surface area contributed by atoms with Crippen molar-refractivity contribution in [2.75, 3.05) is 21.1 Å². The van der Waals surface area contributed by atoms with Crippen LogP contribution in [0.2, 0.25) is 0 Å². The van der Waals surface area contributed by atoms with Gasteiger partial charge in [0.25, 0.3) is 0 Å². The smallest absolute Gasteiger partial charge is 0.311 e. The molecule has 5 heteroatoms. The first-order valence-corrected chi connectivity index (χ1v) is 7.10. The van der Waals surface area contributed by atoms with Crippen LogP contribution in [0.5, 0.6) is 0 Å². The van der Waals surface area contributed by atoms with Crippen molar-refractivity contribution in [1.29, 1.82) is 0 Å². The monoisotopic (exact) mass is 302 g/mol. The molecule has 0 saturated carbocycles. The molecule has 2 atom stereocenters. The average molecular weight is 302 g/mol. The van der Waals surface area contributed by atoms with E-state index in [1.54, 1.807) is 13.0 Å². The van der Waals surface area contributed by atoms with Gasteiger partial charge in [-0.3, -0.25) is 0 Å². The summed E-state index contributed by atoms with van der Waals surface area (Å²) < 4.78 is 38.4. The van der Waals surface area contributed by atoms with Gasteiger partial charge in [-0.05, 0) is 64.7 Å². The Morgan fingerprint density at radius 2 is 1.81 bits per heavy atom. The number of alkyl halides is 3. The fraction of sp³-hybridized carbons (Fsp3) is 0.625.